The third-order valence-electron chi connectivity index (χ3n) is 4.83. The zero-order chi connectivity index (χ0) is 35.9. The van der Waals surface area contributed by atoms with Crippen molar-refractivity contribution in [2.45, 2.75) is 57.3 Å². The van der Waals surface area contributed by atoms with Gasteiger partial charge in [-0.25, -0.2) is 9.37 Å². The van der Waals surface area contributed by atoms with E-state index in [2.05, 4.69) is 10.1 Å². The van der Waals surface area contributed by atoms with Crippen molar-refractivity contribution >= 4 is 11.0 Å². The van der Waals surface area contributed by atoms with Gasteiger partial charge in [-0.05, 0) is 64.0 Å². The lowest BCUT2D eigenvalue weighted by Crippen LogP contribution is -2.37. The zero-order valence-electron chi connectivity index (χ0n) is 32.1. The third-order valence-corrected chi connectivity index (χ3v) is 4.83. The number of piperidine rings is 1. The van der Waals surface area contributed by atoms with E-state index in [1.165, 1.54) is 0 Å². The lowest BCUT2D eigenvalue weighted by molar-refractivity contribution is 0.129. The molecule has 2 aromatic heterocycles. The molecule has 0 spiro atoms. The Morgan fingerprint density at radius 3 is 2.94 bits per heavy atom. The van der Waals surface area contributed by atoms with Crippen molar-refractivity contribution in [2.24, 2.45) is 0 Å². The van der Waals surface area contributed by atoms with Crippen LogP contribution in [-0.4, -0.2) is 44.3 Å². The molecule has 1 saturated heterocycles. The van der Waals surface area contributed by atoms with Gasteiger partial charge in [-0.2, -0.15) is 0 Å². The Bertz CT molecular complexity index is 1830. The number of aryl methyl sites for hydroxylation is 1. The molecule has 4 heterocycles. The van der Waals surface area contributed by atoms with E-state index in [9.17, 15) is 14.3 Å². The van der Waals surface area contributed by atoms with Crippen LogP contribution in [0.15, 0.2) is 27.5 Å². The Morgan fingerprint density at radius 1 is 1.32 bits per heavy atom. The van der Waals surface area contributed by atoms with Crippen LogP contribution in [0.4, 0.5) is 4.39 Å². The summed E-state index contributed by atoms with van der Waals surface area (Å²) >= 11 is 0. The number of likely N-dealkylation sites (tertiary alicyclic amines) is 1. The highest BCUT2D eigenvalue weighted by atomic mass is 19.1. The van der Waals surface area contributed by atoms with Crippen LogP contribution in [0.5, 0.6) is 0 Å². The van der Waals surface area contributed by atoms with Gasteiger partial charge in [-0.15, -0.1) is 0 Å². The summed E-state index contributed by atoms with van der Waals surface area (Å²) in [6, 6.07) is 2.70. The summed E-state index contributed by atoms with van der Waals surface area (Å²) in [5.41, 5.74) is -3.55. The molecule has 1 fully saturated rings. The summed E-state index contributed by atoms with van der Waals surface area (Å²) in [6.07, 6.45) is -19.0. The SMILES string of the molecule is [2H]C1(O)c2nc(C)c(CCN3C([2H])([2H])C([2H])([2H])C([2H])(c4noc5cc(F)ccc45)C([2H])([2H])C3([2H])[2H])c(=O)n2C([2H])([2H])C([2H])([2H])C1([2H])[2H]. The quantitative estimate of drug-likeness (QED) is 0.668. The van der Waals surface area contributed by atoms with Crippen LogP contribution in [0.25, 0.3) is 11.0 Å². The molecule has 1 atom stereocenters. The molecule has 3 aromatic rings. The predicted molar refractivity (Wildman–Crippen MR) is 114 cm³/mol. The predicted octanol–water partition coefficient (Wildman–Crippen LogP) is 3.08. The maximum Gasteiger partial charge on any atom is 0.257 e. The van der Waals surface area contributed by atoms with Gasteiger partial charge in [0.15, 0.2) is 5.58 Å². The number of rotatable bonds is 4. The Labute approximate surface area is 202 Å². The maximum absolute atomic E-state index is 13.8. The van der Waals surface area contributed by atoms with E-state index < -0.39 is 98.4 Å². The highest BCUT2D eigenvalue weighted by molar-refractivity contribution is 5.79. The molecule has 8 heteroatoms. The van der Waals surface area contributed by atoms with Crippen molar-refractivity contribution in [3.8, 4) is 0 Å². The number of nitrogens with zero attached hydrogens (tertiary/aromatic N) is 4. The van der Waals surface area contributed by atoms with Crippen molar-refractivity contribution in [1.82, 2.24) is 19.6 Å². The molecular weight excluding hydrogens is 399 g/mol. The molecule has 7 nitrogen and oxygen atoms in total. The van der Waals surface area contributed by atoms with Crippen LogP contribution in [0.3, 0.4) is 0 Å². The fourth-order valence-electron chi connectivity index (χ4n) is 3.26. The Kier molecular flexibility index (Phi) is 2.40. The first-order chi connectivity index (χ1) is 21.0. The highest BCUT2D eigenvalue weighted by Gasteiger charge is 2.26. The van der Waals surface area contributed by atoms with Crippen LogP contribution in [-0.2, 0) is 12.9 Å². The second-order valence-electron chi connectivity index (χ2n) is 6.77. The van der Waals surface area contributed by atoms with Crippen LogP contribution >= 0.6 is 0 Å². The molecule has 2 aliphatic heterocycles. The number of halogens is 1. The van der Waals surface area contributed by atoms with Gasteiger partial charge in [0.2, 0.25) is 0 Å². The molecule has 1 N–H and O–H groups in total. The summed E-state index contributed by atoms with van der Waals surface area (Å²) in [6.45, 7) is -10.6. The average Bonchev–Trinajstić information content (AvgIpc) is 3.34. The largest absolute Gasteiger partial charge is 0.385 e. The smallest absolute Gasteiger partial charge is 0.257 e. The summed E-state index contributed by atoms with van der Waals surface area (Å²) < 4.78 is 154. The minimum atomic E-state index is -3.69. The summed E-state index contributed by atoms with van der Waals surface area (Å²) in [4.78, 5) is 17.6. The van der Waals surface area contributed by atoms with Gasteiger partial charge in [-0.1, -0.05) is 5.16 Å². The first-order valence-electron chi connectivity index (χ1n) is 17.2. The van der Waals surface area contributed by atoms with Crippen LogP contribution in [0, 0.1) is 12.7 Å². The standard InChI is InChI=1S/C23H27FN4O3/c1-14-17(23(30)28-9-2-3-19(29)22(28)25-14)8-12-27-10-6-15(7-11-27)21-18-5-4-16(24)13-20(18)31-26-21/h4-5,13,15,19,29H,2-3,6-12H2,1H3/i2D2,3D2,6D2,7D2,9D2,10D2,11D2,15D,19D. The average molecular weight is 443 g/mol. The van der Waals surface area contributed by atoms with Crippen molar-refractivity contribution in [3.05, 3.63) is 57.1 Å². The molecule has 0 saturated carbocycles. The summed E-state index contributed by atoms with van der Waals surface area (Å²) in [5.74, 6) is -5.47. The van der Waals surface area contributed by atoms with Crippen molar-refractivity contribution in [3.63, 3.8) is 0 Å². The highest BCUT2D eigenvalue weighted by Crippen LogP contribution is 2.32. The van der Waals surface area contributed by atoms with Gasteiger partial charge < -0.3 is 14.5 Å². The molecule has 0 bridgehead atoms. The van der Waals surface area contributed by atoms with Crippen LogP contribution in [0.2, 0.25) is 0 Å². The number of hydrogen-bond donors (Lipinski definition) is 1. The monoisotopic (exact) mass is 442 g/mol. The molecular formula is C23H27FN4O3. The maximum atomic E-state index is 13.8. The van der Waals surface area contributed by atoms with E-state index in [0.29, 0.717) is 0 Å². The molecule has 2 aliphatic rings. The second-order valence-corrected chi connectivity index (χ2v) is 6.77. The molecule has 0 radical (unpaired) electrons. The number of hydrogen-bond acceptors (Lipinski definition) is 6. The molecule has 31 heavy (non-hydrogen) atoms. The normalized spacial score (nSPS) is 42.7. The van der Waals surface area contributed by atoms with E-state index in [1.807, 2.05) is 0 Å². The number of aliphatic hydroxyl groups is 1. The van der Waals surface area contributed by atoms with Crippen LogP contribution in [0.1, 0.15) is 82.2 Å². The molecule has 5 rings (SSSR count). The molecule has 1 aromatic carbocycles. The van der Waals surface area contributed by atoms with Gasteiger partial charge >= 0.3 is 0 Å². The van der Waals surface area contributed by atoms with E-state index >= 15 is 0 Å². The molecule has 164 valence electrons. The van der Waals surface area contributed by atoms with Crippen molar-refractivity contribution in [2.75, 3.05) is 19.5 Å². The van der Waals surface area contributed by atoms with E-state index in [-0.39, 0.29) is 26.1 Å². The number of aromatic nitrogens is 3. The number of fused-ring (bicyclic) bond motifs is 2. The van der Waals surface area contributed by atoms with E-state index in [0.717, 1.165) is 25.1 Å². The Hall–Kier alpha value is -2.58. The zero-order valence-corrected chi connectivity index (χ0v) is 16.1. The third kappa shape index (κ3) is 3.78. The Morgan fingerprint density at radius 2 is 2.13 bits per heavy atom. The first kappa shape index (κ1) is 9.11. The minimum Gasteiger partial charge on any atom is -0.385 e. The second kappa shape index (κ2) is 8.16. The van der Waals surface area contributed by atoms with Gasteiger partial charge in [0.1, 0.15) is 17.7 Å². The van der Waals surface area contributed by atoms with Gasteiger partial charge in [0.25, 0.3) is 5.56 Å². The van der Waals surface area contributed by atoms with Crippen molar-refractivity contribution < 1.29 is 36.0 Å². The molecule has 1 unspecified atom stereocenters. The molecule has 0 aliphatic carbocycles. The summed E-state index contributed by atoms with van der Waals surface area (Å²) in [7, 11) is 0. The minimum absolute atomic E-state index is 0.0466. The molecule has 0 amide bonds. The fourth-order valence-corrected chi connectivity index (χ4v) is 3.26. The first-order valence-corrected chi connectivity index (χ1v) is 9.20. The lowest BCUT2D eigenvalue weighted by Gasteiger charge is -2.31. The topological polar surface area (TPSA) is 84.4 Å². The van der Waals surface area contributed by atoms with Crippen LogP contribution < -0.4 is 5.56 Å². The fraction of sp³-hybridized carbons (Fsp3) is 0.522. The van der Waals surface area contributed by atoms with E-state index in [1.54, 1.807) is 0 Å². The van der Waals surface area contributed by atoms with Gasteiger partial charge in [0, 0.05) is 62.2 Å². The van der Waals surface area contributed by atoms with E-state index in [4.69, 9.17) is 26.5 Å². The van der Waals surface area contributed by atoms with Gasteiger partial charge in [0.05, 0.1) is 7.06 Å². The van der Waals surface area contributed by atoms with Gasteiger partial charge in [-0.3, -0.25) is 9.36 Å². The lowest BCUT2D eigenvalue weighted by atomic mass is 9.91. The van der Waals surface area contributed by atoms with Crippen molar-refractivity contribution in [1.29, 1.82) is 0 Å². The Balaban J connectivity index is 1.63. The summed E-state index contributed by atoms with van der Waals surface area (Å²) in [5, 5.41) is 13.9. The number of benzene rings is 1.